The Kier molecular flexibility index (Phi) is 5.92. The van der Waals surface area contributed by atoms with Crippen LogP contribution in [0.1, 0.15) is 24.5 Å². The van der Waals surface area contributed by atoms with Gasteiger partial charge in [0, 0.05) is 9.13 Å². The zero-order chi connectivity index (χ0) is 18.5. The largest absolute Gasteiger partial charge is 0.493 e. The normalized spacial score (nSPS) is 15.0. The number of methoxy groups -OCH3 is 1. The molecule has 3 rings (SSSR count). The van der Waals surface area contributed by atoms with Crippen LogP contribution in [0, 0.1) is 3.57 Å². The summed E-state index contributed by atoms with van der Waals surface area (Å²) in [6.45, 7) is 2.63. The number of nitrogens with zero attached hydrogens (tertiary/aromatic N) is 1. The summed E-state index contributed by atoms with van der Waals surface area (Å²) < 4.78 is 17.4. The van der Waals surface area contributed by atoms with Crippen molar-refractivity contribution < 1.29 is 19.0 Å². The van der Waals surface area contributed by atoms with Crippen molar-refractivity contribution in [2.75, 3.05) is 13.7 Å². The molecule has 0 saturated heterocycles. The third-order valence-corrected chi connectivity index (χ3v) is 4.38. The van der Waals surface area contributed by atoms with Crippen molar-refractivity contribution in [3.05, 3.63) is 62.9 Å². The standard InChI is InChI=1S/C20H18INO4/c1-3-10-25-18-12-13(4-9-17(18)24-2)11-16-20(23)26-19(22-16)14-5-7-15(21)8-6-14/h4-9,11-12H,3,10H2,1-2H3/b16-11-. The zero-order valence-corrected chi connectivity index (χ0v) is 16.6. The number of ether oxygens (including phenoxy) is 3. The van der Waals surface area contributed by atoms with E-state index in [1.807, 2.05) is 43.3 Å². The van der Waals surface area contributed by atoms with E-state index in [0.29, 0.717) is 24.0 Å². The van der Waals surface area contributed by atoms with Gasteiger partial charge in [0.15, 0.2) is 17.2 Å². The van der Waals surface area contributed by atoms with Crippen molar-refractivity contribution in [3.63, 3.8) is 0 Å². The molecule has 0 aliphatic carbocycles. The summed E-state index contributed by atoms with van der Waals surface area (Å²) >= 11 is 2.22. The molecule has 5 nitrogen and oxygen atoms in total. The van der Waals surface area contributed by atoms with E-state index in [4.69, 9.17) is 14.2 Å². The van der Waals surface area contributed by atoms with Gasteiger partial charge in [-0.2, -0.15) is 0 Å². The van der Waals surface area contributed by atoms with Crippen LogP contribution in [0.3, 0.4) is 0 Å². The molecule has 0 amide bonds. The minimum atomic E-state index is -0.467. The van der Waals surface area contributed by atoms with E-state index in [0.717, 1.165) is 21.1 Å². The first-order valence-electron chi connectivity index (χ1n) is 8.20. The van der Waals surface area contributed by atoms with Gasteiger partial charge < -0.3 is 14.2 Å². The van der Waals surface area contributed by atoms with Gasteiger partial charge in [-0.15, -0.1) is 0 Å². The van der Waals surface area contributed by atoms with Crippen LogP contribution in [0.15, 0.2) is 53.2 Å². The quantitative estimate of drug-likeness (QED) is 0.361. The summed E-state index contributed by atoms with van der Waals surface area (Å²) in [4.78, 5) is 16.5. The average molecular weight is 463 g/mol. The van der Waals surface area contributed by atoms with Crippen LogP contribution in [0.4, 0.5) is 0 Å². The summed E-state index contributed by atoms with van der Waals surface area (Å²) in [6, 6.07) is 13.1. The molecule has 0 spiro atoms. The fourth-order valence-electron chi connectivity index (χ4n) is 2.39. The van der Waals surface area contributed by atoms with Crippen molar-refractivity contribution in [2.45, 2.75) is 13.3 Å². The van der Waals surface area contributed by atoms with Gasteiger partial charge in [-0.1, -0.05) is 13.0 Å². The molecule has 0 fully saturated rings. The molecule has 6 heteroatoms. The molecule has 1 heterocycles. The van der Waals surface area contributed by atoms with E-state index in [-0.39, 0.29) is 5.70 Å². The Hall–Kier alpha value is -2.35. The third-order valence-electron chi connectivity index (χ3n) is 3.66. The van der Waals surface area contributed by atoms with Crippen LogP contribution in [-0.2, 0) is 9.53 Å². The summed E-state index contributed by atoms with van der Waals surface area (Å²) in [5, 5.41) is 0. The topological polar surface area (TPSA) is 57.1 Å². The number of benzene rings is 2. The molecule has 1 aliphatic rings. The third kappa shape index (κ3) is 4.24. The molecule has 134 valence electrons. The van der Waals surface area contributed by atoms with Gasteiger partial charge in [0.25, 0.3) is 0 Å². The second kappa shape index (κ2) is 8.35. The number of hydrogen-bond acceptors (Lipinski definition) is 5. The maximum atomic E-state index is 12.1. The fourth-order valence-corrected chi connectivity index (χ4v) is 2.75. The lowest BCUT2D eigenvalue weighted by Gasteiger charge is -2.10. The molecule has 0 aromatic heterocycles. The summed E-state index contributed by atoms with van der Waals surface area (Å²) in [7, 11) is 1.60. The lowest BCUT2D eigenvalue weighted by Crippen LogP contribution is -2.05. The van der Waals surface area contributed by atoms with Gasteiger partial charge in [-0.3, -0.25) is 0 Å². The SMILES string of the molecule is CCCOc1cc(/C=C2\N=C(c3ccc(I)cc3)OC2=O)ccc1OC. The van der Waals surface area contributed by atoms with Crippen LogP contribution in [0.25, 0.3) is 6.08 Å². The summed E-state index contributed by atoms with van der Waals surface area (Å²) in [5.41, 5.74) is 1.81. The second-order valence-corrected chi connectivity index (χ2v) is 6.85. The lowest BCUT2D eigenvalue weighted by molar-refractivity contribution is -0.129. The molecule has 1 aliphatic heterocycles. The summed E-state index contributed by atoms with van der Waals surface area (Å²) in [6.07, 6.45) is 2.57. The highest BCUT2D eigenvalue weighted by molar-refractivity contribution is 14.1. The van der Waals surface area contributed by atoms with E-state index < -0.39 is 5.97 Å². The number of hydrogen-bond donors (Lipinski definition) is 0. The first kappa shape index (κ1) is 18.4. The highest BCUT2D eigenvalue weighted by Gasteiger charge is 2.24. The zero-order valence-electron chi connectivity index (χ0n) is 14.5. The van der Waals surface area contributed by atoms with E-state index in [9.17, 15) is 4.79 Å². The number of carbonyl (C=O) groups is 1. The van der Waals surface area contributed by atoms with E-state index in [2.05, 4.69) is 27.6 Å². The predicted octanol–water partition coefficient (Wildman–Crippen LogP) is 4.43. The van der Waals surface area contributed by atoms with Crippen molar-refractivity contribution in [1.82, 2.24) is 0 Å². The predicted molar refractivity (Wildman–Crippen MR) is 109 cm³/mol. The number of aliphatic imine (C=N–C) groups is 1. The minimum absolute atomic E-state index is 0.255. The molecule has 2 aromatic carbocycles. The Morgan fingerprint density at radius 1 is 1.15 bits per heavy atom. The Labute approximate surface area is 165 Å². The first-order valence-corrected chi connectivity index (χ1v) is 9.28. The van der Waals surface area contributed by atoms with Crippen LogP contribution >= 0.6 is 22.6 Å². The van der Waals surface area contributed by atoms with Crippen LogP contribution in [0.2, 0.25) is 0 Å². The van der Waals surface area contributed by atoms with Gasteiger partial charge in [0.05, 0.1) is 13.7 Å². The Balaban J connectivity index is 1.89. The van der Waals surface area contributed by atoms with Gasteiger partial charge in [-0.05, 0) is 77.0 Å². The maximum absolute atomic E-state index is 12.1. The Bertz CT molecular complexity index is 872. The van der Waals surface area contributed by atoms with Crippen molar-refractivity contribution >= 4 is 40.5 Å². The van der Waals surface area contributed by atoms with Crippen molar-refractivity contribution in [3.8, 4) is 11.5 Å². The van der Waals surface area contributed by atoms with Crippen LogP contribution < -0.4 is 9.47 Å². The fraction of sp³-hybridized carbons (Fsp3) is 0.200. The van der Waals surface area contributed by atoms with Crippen molar-refractivity contribution in [2.24, 2.45) is 4.99 Å². The highest BCUT2D eigenvalue weighted by atomic mass is 127. The maximum Gasteiger partial charge on any atom is 0.363 e. The number of rotatable bonds is 6. The molecule has 0 atom stereocenters. The number of halogens is 1. The molecule has 2 aromatic rings. The molecular weight excluding hydrogens is 445 g/mol. The Morgan fingerprint density at radius 2 is 1.92 bits per heavy atom. The van der Waals surface area contributed by atoms with Gasteiger partial charge in [0.1, 0.15) is 0 Å². The number of carbonyl (C=O) groups excluding carboxylic acids is 1. The van der Waals surface area contributed by atoms with Crippen LogP contribution in [0.5, 0.6) is 11.5 Å². The van der Waals surface area contributed by atoms with Gasteiger partial charge in [0.2, 0.25) is 5.90 Å². The van der Waals surface area contributed by atoms with Gasteiger partial charge in [-0.25, -0.2) is 9.79 Å². The smallest absolute Gasteiger partial charge is 0.363 e. The molecule has 0 radical (unpaired) electrons. The molecule has 0 saturated carbocycles. The average Bonchev–Trinajstić information content (AvgIpc) is 3.01. The minimum Gasteiger partial charge on any atom is -0.493 e. The monoisotopic (exact) mass is 463 g/mol. The highest BCUT2D eigenvalue weighted by Crippen LogP contribution is 2.30. The number of esters is 1. The summed E-state index contributed by atoms with van der Waals surface area (Å²) in [5.74, 6) is 1.13. The van der Waals surface area contributed by atoms with Crippen molar-refractivity contribution in [1.29, 1.82) is 0 Å². The first-order chi connectivity index (χ1) is 12.6. The molecule has 0 unspecified atom stereocenters. The van der Waals surface area contributed by atoms with E-state index in [1.165, 1.54) is 0 Å². The Morgan fingerprint density at radius 3 is 2.62 bits per heavy atom. The molecule has 0 N–H and O–H groups in total. The lowest BCUT2D eigenvalue weighted by atomic mass is 10.1. The molecule has 26 heavy (non-hydrogen) atoms. The second-order valence-electron chi connectivity index (χ2n) is 5.60. The molecular formula is C20H18INO4. The van der Waals surface area contributed by atoms with Crippen LogP contribution in [-0.4, -0.2) is 25.6 Å². The number of cyclic esters (lactones) is 1. The van der Waals surface area contributed by atoms with E-state index >= 15 is 0 Å². The molecule has 0 bridgehead atoms. The van der Waals surface area contributed by atoms with E-state index in [1.54, 1.807) is 19.3 Å². The van der Waals surface area contributed by atoms with Gasteiger partial charge >= 0.3 is 5.97 Å².